The molecule has 1 saturated heterocycles. The first-order chi connectivity index (χ1) is 15.0. The summed E-state index contributed by atoms with van der Waals surface area (Å²) in [4.78, 5) is 28.5. The van der Waals surface area contributed by atoms with Crippen LogP contribution in [-0.4, -0.2) is 45.5 Å². The number of nitrogens with zero attached hydrogens (tertiary/aromatic N) is 5. The summed E-state index contributed by atoms with van der Waals surface area (Å²) in [7, 11) is 1.53. The number of hydrogen-bond donors (Lipinski definition) is 1. The molecular formula is C22H21FN6O2. The lowest BCUT2D eigenvalue weighted by atomic mass is 10.1. The van der Waals surface area contributed by atoms with Crippen molar-refractivity contribution in [2.45, 2.75) is 19.8 Å². The van der Waals surface area contributed by atoms with Gasteiger partial charge in [0.25, 0.3) is 5.91 Å². The number of aromatic nitrogens is 4. The molecule has 3 aromatic heterocycles. The normalized spacial score (nSPS) is 13.8. The number of aryl methyl sites for hydroxylation is 1. The molecule has 4 aromatic rings. The molecule has 1 fully saturated rings. The molecule has 9 heteroatoms. The van der Waals surface area contributed by atoms with Gasteiger partial charge in [-0.3, -0.25) is 4.79 Å². The van der Waals surface area contributed by atoms with Crippen molar-refractivity contribution in [2.75, 3.05) is 30.4 Å². The highest BCUT2D eigenvalue weighted by Crippen LogP contribution is 2.31. The van der Waals surface area contributed by atoms with E-state index in [-0.39, 0.29) is 5.65 Å². The summed E-state index contributed by atoms with van der Waals surface area (Å²) < 4.78 is 21.2. The first kappa shape index (κ1) is 19.2. The largest absolute Gasteiger partial charge is 0.480 e. The lowest BCUT2D eigenvalue weighted by Crippen LogP contribution is -2.20. The number of amides is 1. The summed E-state index contributed by atoms with van der Waals surface area (Å²) in [5.74, 6) is -0.522. The number of pyridine rings is 1. The topological polar surface area (TPSA) is 84.6 Å². The molecule has 1 amide bonds. The van der Waals surface area contributed by atoms with Gasteiger partial charge in [-0.15, -0.1) is 0 Å². The molecule has 158 valence electrons. The summed E-state index contributed by atoms with van der Waals surface area (Å²) >= 11 is 0. The van der Waals surface area contributed by atoms with Gasteiger partial charge in [0, 0.05) is 31.5 Å². The van der Waals surface area contributed by atoms with Crippen molar-refractivity contribution in [2.24, 2.45) is 0 Å². The molecule has 1 N–H and O–H groups in total. The van der Waals surface area contributed by atoms with E-state index in [0.29, 0.717) is 33.9 Å². The minimum Gasteiger partial charge on any atom is -0.480 e. The monoisotopic (exact) mass is 420 g/mol. The molecule has 0 unspecified atom stereocenters. The third kappa shape index (κ3) is 3.41. The number of rotatable bonds is 4. The van der Waals surface area contributed by atoms with Crippen molar-refractivity contribution >= 4 is 34.0 Å². The van der Waals surface area contributed by atoms with E-state index in [1.165, 1.54) is 19.4 Å². The Labute approximate surface area is 177 Å². The van der Waals surface area contributed by atoms with E-state index in [1.54, 1.807) is 29.8 Å². The molecule has 1 aliphatic rings. The third-order valence-electron chi connectivity index (χ3n) is 5.44. The Morgan fingerprint density at radius 2 is 1.97 bits per heavy atom. The number of carbonyl (C=O) groups is 1. The molecule has 8 nitrogen and oxygen atoms in total. The standard InChI is InChI=1S/C22H21FN6O2/c1-13-11-29-12-14(9-16(23)21(29)25-13)26-22(30)15-5-6-17(28-7-3-4-8-28)20-19(15)24-10-18(27-20)31-2/h5-6,9-12H,3-4,7-8H2,1-2H3,(H,26,30). The molecule has 1 aliphatic heterocycles. The number of benzene rings is 1. The first-order valence-corrected chi connectivity index (χ1v) is 10.1. The van der Waals surface area contributed by atoms with Crippen molar-refractivity contribution in [3.63, 3.8) is 0 Å². The highest BCUT2D eigenvalue weighted by molar-refractivity contribution is 6.13. The van der Waals surface area contributed by atoms with Crippen LogP contribution in [0.1, 0.15) is 28.9 Å². The van der Waals surface area contributed by atoms with Gasteiger partial charge in [0.1, 0.15) is 11.0 Å². The summed E-state index contributed by atoms with van der Waals surface area (Å²) in [6.45, 7) is 3.65. The van der Waals surface area contributed by atoms with Gasteiger partial charge < -0.3 is 19.4 Å². The van der Waals surface area contributed by atoms with Crippen LogP contribution in [0.2, 0.25) is 0 Å². The Balaban J connectivity index is 1.55. The maximum atomic E-state index is 14.4. The van der Waals surface area contributed by atoms with Crippen molar-refractivity contribution in [3.05, 3.63) is 53.9 Å². The maximum Gasteiger partial charge on any atom is 0.257 e. The molecule has 0 spiro atoms. The van der Waals surface area contributed by atoms with Crippen molar-refractivity contribution in [1.82, 2.24) is 19.4 Å². The van der Waals surface area contributed by atoms with Crippen LogP contribution in [0.4, 0.5) is 15.8 Å². The van der Waals surface area contributed by atoms with Gasteiger partial charge in [0.05, 0.1) is 35.9 Å². The highest BCUT2D eigenvalue weighted by Gasteiger charge is 2.21. The third-order valence-corrected chi connectivity index (χ3v) is 5.44. The lowest BCUT2D eigenvalue weighted by Gasteiger charge is -2.20. The number of imidazole rings is 1. The second-order valence-electron chi connectivity index (χ2n) is 7.58. The zero-order chi connectivity index (χ0) is 21.5. The van der Waals surface area contributed by atoms with Gasteiger partial charge >= 0.3 is 0 Å². The van der Waals surface area contributed by atoms with Gasteiger partial charge in [-0.1, -0.05) is 0 Å². The molecule has 31 heavy (non-hydrogen) atoms. The fraction of sp³-hybridized carbons (Fsp3) is 0.273. The van der Waals surface area contributed by atoms with Crippen LogP contribution in [0.3, 0.4) is 0 Å². The van der Waals surface area contributed by atoms with Crippen molar-refractivity contribution in [1.29, 1.82) is 0 Å². The molecule has 0 atom stereocenters. The van der Waals surface area contributed by atoms with Crippen LogP contribution in [0, 0.1) is 12.7 Å². The molecule has 4 heterocycles. The SMILES string of the molecule is COc1cnc2c(C(=O)Nc3cc(F)c4nc(C)cn4c3)ccc(N3CCCC3)c2n1. The Morgan fingerprint density at radius 3 is 2.74 bits per heavy atom. The van der Waals surface area contributed by atoms with Crippen LogP contribution >= 0.6 is 0 Å². The van der Waals surface area contributed by atoms with E-state index in [9.17, 15) is 9.18 Å². The molecule has 1 aromatic carbocycles. The Bertz CT molecular complexity index is 1310. The van der Waals surface area contributed by atoms with Gasteiger partial charge in [-0.25, -0.2) is 19.3 Å². The van der Waals surface area contributed by atoms with E-state index in [2.05, 4.69) is 25.2 Å². The minimum atomic E-state index is -0.510. The highest BCUT2D eigenvalue weighted by atomic mass is 19.1. The number of fused-ring (bicyclic) bond motifs is 2. The van der Waals surface area contributed by atoms with Crippen LogP contribution in [0.5, 0.6) is 5.88 Å². The second-order valence-corrected chi connectivity index (χ2v) is 7.58. The summed E-state index contributed by atoms with van der Waals surface area (Å²) in [6, 6.07) is 4.89. The molecule has 0 bridgehead atoms. The van der Waals surface area contributed by atoms with E-state index in [0.717, 1.165) is 31.6 Å². The van der Waals surface area contributed by atoms with Crippen LogP contribution < -0.4 is 15.0 Å². The zero-order valence-electron chi connectivity index (χ0n) is 17.2. The zero-order valence-corrected chi connectivity index (χ0v) is 17.2. The smallest absolute Gasteiger partial charge is 0.257 e. The minimum absolute atomic E-state index is 0.217. The number of ether oxygens (including phenoxy) is 1. The molecule has 5 rings (SSSR count). The van der Waals surface area contributed by atoms with Gasteiger partial charge in [-0.05, 0) is 31.9 Å². The molecule has 0 radical (unpaired) electrons. The Hall–Kier alpha value is -3.75. The van der Waals surface area contributed by atoms with Crippen LogP contribution in [-0.2, 0) is 0 Å². The van der Waals surface area contributed by atoms with Crippen LogP contribution in [0.15, 0.2) is 36.8 Å². The maximum absolute atomic E-state index is 14.4. The summed E-state index contributed by atoms with van der Waals surface area (Å²) in [6.07, 6.45) is 7.05. The molecular weight excluding hydrogens is 399 g/mol. The fourth-order valence-electron chi connectivity index (χ4n) is 4.01. The number of methoxy groups -OCH3 is 1. The number of carbonyl (C=O) groups excluding carboxylic acids is 1. The predicted octanol–water partition coefficient (Wildman–Crippen LogP) is 3.59. The summed E-state index contributed by atoms with van der Waals surface area (Å²) in [5.41, 5.74) is 3.60. The second kappa shape index (κ2) is 7.50. The van der Waals surface area contributed by atoms with Gasteiger partial charge in [-0.2, -0.15) is 0 Å². The molecule has 0 aliphatic carbocycles. The number of halogens is 1. The fourth-order valence-corrected chi connectivity index (χ4v) is 4.01. The Kier molecular flexibility index (Phi) is 4.65. The van der Waals surface area contributed by atoms with Gasteiger partial charge in [0.2, 0.25) is 5.88 Å². The first-order valence-electron chi connectivity index (χ1n) is 10.1. The number of anilines is 2. The van der Waals surface area contributed by atoms with E-state index < -0.39 is 11.7 Å². The number of hydrogen-bond acceptors (Lipinski definition) is 6. The van der Waals surface area contributed by atoms with E-state index in [4.69, 9.17) is 4.74 Å². The van der Waals surface area contributed by atoms with Crippen LogP contribution in [0.25, 0.3) is 16.7 Å². The average Bonchev–Trinajstić information content (AvgIpc) is 3.42. The van der Waals surface area contributed by atoms with Crippen molar-refractivity contribution in [3.8, 4) is 5.88 Å². The molecule has 0 saturated carbocycles. The summed E-state index contributed by atoms with van der Waals surface area (Å²) in [5, 5.41) is 2.77. The Morgan fingerprint density at radius 1 is 1.16 bits per heavy atom. The van der Waals surface area contributed by atoms with Gasteiger partial charge in [0.15, 0.2) is 11.5 Å². The number of nitrogens with one attached hydrogen (secondary N) is 1. The quantitative estimate of drug-likeness (QED) is 0.543. The predicted molar refractivity (Wildman–Crippen MR) is 115 cm³/mol. The lowest BCUT2D eigenvalue weighted by molar-refractivity contribution is 0.102. The average molecular weight is 420 g/mol. The van der Waals surface area contributed by atoms with Crippen molar-refractivity contribution < 1.29 is 13.9 Å². The van der Waals surface area contributed by atoms with E-state index >= 15 is 0 Å². The van der Waals surface area contributed by atoms with E-state index in [1.807, 2.05) is 6.07 Å².